The van der Waals surface area contributed by atoms with Crippen LogP contribution in [0.15, 0.2) is 41.5 Å². The van der Waals surface area contributed by atoms with Crippen molar-refractivity contribution >= 4 is 29.9 Å². The molecule has 0 saturated carbocycles. The summed E-state index contributed by atoms with van der Waals surface area (Å²) in [6, 6.07) is 9.51. The molecule has 0 radical (unpaired) electrons. The van der Waals surface area contributed by atoms with Crippen LogP contribution < -0.4 is 24.8 Å². The van der Waals surface area contributed by atoms with Crippen LogP contribution in [0.1, 0.15) is 11.1 Å². The third-order valence-corrected chi connectivity index (χ3v) is 3.63. The van der Waals surface area contributed by atoms with Crippen molar-refractivity contribution in [3.63, 3.8) is 0 Å². The van der Waals surface area contributed by atoms with E-state index in [-0.39, 0.29) is 24.0 Å². The van der Waals surface area contributed by atoms with Crippen molar-refractivity contribution in [2.45, 2.75) is 13.1 Å². The van der Waals surface area contributed by atoms with Crippen LogP contribution in [0.25, 0.3) is 0 Å². The monoisotopic (exact) mass is 472 g/mol. The molecule has 0 saturated heterocycles. The Labute approximate surface area is 171 Å². The van der Waals surface area contributed by atoms with Gasteiger partial charge in [-0.1, -0.05) is 6.07 Å². The van der Waals surface area contributed by atoms with Crippen molar-refractivity contribution in [2.75, 3.05) is 28.4 Å². The summed E-state index contributed by atoms with van der Waals surface area (Å²) in [5.41, 5.74) is 2.04. The van der Waals surface area contributed by atoms with Crippen LogP contribution >= 0.6 is 24.0 Å². The lowest BCUT2D eigenvalue weighted by atomic mass is 10.2. The molecule has 142 valence electrons. The Morgan fingerprint density at radius 3 is 2.35 bits per heavy atom. The lowest BCUT2D eigenvalue weighted by Crippen LogP contribution is -2.36. The van der Waals surface area contributed by atoms with Gasteiger partial charge in [-0.15, -0.1) is 24.0 Å². The highest BCUT2D eigenvalue weighted by Crippen LogP contribution is 2.24. The number of rotatable bonds is 7. The molecule has 2 aromatic rings. The molecule has 8 heteroatoms. The second kappa shape index (κ2) is 11.4. The first-order valence-corrected chi connectivity index (χ1v) is 7.84. The van der Waals surface area contributed by atoms with Crippen molar-refractivity contribution in [1.82, 2.24) is 15.6 Å². The molecule has 2 rings (SSSR count). The SMILES string of the molecule is CN=C(NCc1ccc(OC)nc1)NCc1ccc(OC)cc1OC.I. The Balaban J connectivity index is 0.00000338. The predicted octanol–water partition coefficient (Wildman–Crippen LogP) is 2.59. The second-order valence-electron chi connectivity index (χ2n) is 5.17. The zero-order valence-corrected chi connectivity index (χ0v) is 17.7. The molecule has 26 heavy (non-hydrogen) atoms. The summed E-state index contributed by atoms with van der Waals surface area (Å²) < 4.78 is 15.7. The van der Waals surface area contributed by atoms with Gasteiger partial charge < -0.3 is 24.8 Å². The molecule has 1 aromatic carbocycles. The van der Waals surface area contributed by atoms with E-state index in [2.05, 4.69) is 20.6 Å². The van der Waals surface area contributed by atoms with Crippen molar-refractivity contribution in [3.8, 4) is 17.4 Å². The van der Waals surface area contributed by atoms with Gasteiger partial charge in [0, 0.05) is 44.0 Å². The fraction of sp³-hybridized carbons (Fsp3) is 0.333. The maximum absolute atomic E-state index is 5.40. The van der Waals surface area contributed by atoms with E-state index in [1.165, 1.54) is 0 Å². The van der Waals surface area contributed by atoms with E-state index in [1.54, 1.807) is 34.6 Å². The molecule has 0 aliphatic heterocycles. The zero-order chi connectivity index (χ0) is 18.1. The first-order valence-electron chi connectivity index (χ1n) is 7.84. The summed E-state index contributed by atoms with van der Waals surface area (Å²) >= 11 is 0. The molecule has 7 nitrogen and oxygen atoms in total. The summed E-state index contributed by atoms with van der Waals surface area (Å²) in [6.07, 6.45) is 1.77. The third kappa shape index (κ3) is 6.25. The Hall–Kier alpha value is -2.23. The molecule has 0 amide bonds. The van der Waals surface area contributed by atoms with Crippen LogP contribution in [0.3, 0.4) is 0 Å². The fourth-order valence-electron chi connectivity index (χ4n) is 2.22. The number of hydrogen-bond donors (Lipinski definition) is 2. The van der Waals surface area contributed by atoms with Crippen molar-refractivity contribution in [1.29, 1.82) is 0 Å². The Kier molecular flexibility index (Phi) is 9.56. The number of hydrogen-bond acceptors (Lipinski definition) is 5. The highest BCUT2D eigenvalue weighted by Gasteiger charge is 2.06. The minimum Gasteiger partial charge on any atom is -0.497 e. The largest absolute Gasteiger partial charge is 0.497 e. The van der Waals surface area contributed by atoms with Crippen LogP contribution in [0.2, 0.25) is 0 Å². The Bertz CT molecular complexity index is 708. The maximum atomic E-state index is 5.40. The van der Waals surface area contributed by atoms with Crippen molar-refractivity contribution < 1.29 is 14.2 Å². The molecule has 0 fully saturated rings. The number of nitrogens with zero attached hydrogens (tertiary/aromatic N) is 2. The molecule has 1 aromatic heterocycles. The number of benzene rings is 1. The Morgan fingerprint density at radius 2 is 1.77 bits per heavy atom. The summed E-state index contributed by atoms with van der Waals surface area (Å²) in [5.74, 6) is 2.81. The molecule has 0 bridgehead atoms. The van der Waals surface area contributed by atoms with Crippen LogP contribution in [0.4, 0.5) is 0 Å². The fourth-order valence-corrected chi connectivity index (χ4v) is 2.22. The van der Waals surface area contributed by atoms with E-state index >= 15 is 0 Å². The molecule has 0 aliphatic rings. The van der Waals surface area contributed by atoms with Gasteiger partial charge in [0.25, 0.3) is 0 Å². The maximum Gasteiger partial charge on any atom is 0.212 e. The standard InChI is InChI=1S/C18H24N4O3.HI/c1-19-18(21-11-13-5-8-17(25-4)20-10-13)22-12-14-6-7-15(23-2)9-16(14)24-3;/h5-10H,11-12H2,1-4H3,(H2,19,21,22);1H. The molecule has 0 spiro atoms. The number of halogens is 1. The molecule has 0 atom stereocenters. The van der Waals surface area contributed by atoms with E-state index < -0.39 is 0 Å². The van der Waals surface area contributed by atoms with Crippen molar-refractivity contribution in [2.24, 2.45) is 4.99 Å². The van der Waals surface area contributed by atoms with E-state index in [4.69, 9.17) is 14.2 Å². The smallest absolute Gasteiger partial charge is 0.212 e. The van der Waals surface area contributed by atoms with Crippen LogP contribution in [0.5, 0.6) is 17.4 Å². The first-order chi connectivity index (χ1) is 12.2. The number of nitrogens with one attached hydrogen (secondary N) is 2. The van der Waals surface area contributed by atoms with E-state index in [9.17, 15) is 0 Å². The average Bonchev–Trinajstić information content (AvgIpc) is 2.68. The summed E-state index contributed by atoms with van der Waals surface area (Å²) in [7, 11) is 6.60. The highest BCUT2D eigenvalue weighted by atomic mass is 127. The quantitative estimate of drug-likeness (QED) is 0.367. The molecular formula is C18H25IN4O3. The zero-order valence-electron chi connectivity index (χ0n) is 15.4. The normalized spacial score (nSPS) is 10.5. The number of aromatic nitrogens is 1. The topological polar surface area (TPSA) is 77.0 Å². The van der Waals surface area contributed by atoms with E-state index in [1.807, 2.05) is 30.3 Å². The molecule has 0 aliphatic carbocycles. The summed E-state index contributed by atoms with van der Waals surface area (Å²) in [5, 5.41) is 6.51. The highest BCUT2D eigenvalue weighted by molar-refractivity contribution is 14.0. The third-order valence-electron chi connectivity index (χ3n) is 3.63. The number of methoxy groups -OCH3 is 3. The van der Waals surface area contributed by atoms with E-state index in [0.717, 1.165) is 22.6 Å². The predicted molar refractivity (Wildman–Crippen MR) is 113 cm³/mol. The van der Waals surface area contributed by atoms with Gasteiger partial charge >= 0.3 is 0 Å². The van der Waals surface area contributed by atoms with Gasteiger partial charge in [0.2, 0.25) is 5.88 Å². The van der Waals surface area contributed by atoms with Crippen LogP contribution in [-0.4, -0.2) is 39.3 Å². The van der Waals surface area contributed by atoms with Gasteiger partial charge in [0.05, 0.1) is 21.3 Å². The van der Waals surface area contributed by atoms with Crippen molar-refractivity contribution in [3.05, 3.63) is 47.7 Å². The van der Waals surface area contributed by atoms with Gasteiger partial charge in [0.15, 0.2) is 5.96 Å². The minimum absolute atomic E-state index is 0. The molecular weight excluding hydrogens is 447 g/mol. The van der Waals surface area contributed by atoms with Crippen LogP contribution in [0, 0.1) is 0 Å². The number of aliphatic imine (C=N–C) groups is 1. The minimum atomic E-state index is 0. The van der Waals surface area contributed by atoms with Gasteiger partial charge in [0.1, 0.15) is 11.5 Å². The van der Waals surface area contributed by atoms with Gasteiger partial charge in [-0.3, -0.25) is 4.99 Å². The Morgan fingerprint density at radius 1 is 1.00 bits per heavy atom. The van der Waals surface area contributed by atoms with Gasteiger partial charge in [-0.2, -0.15) is 0 Å². The molecule has 2 N–H and O–H groups in total. The van der Waals surface area contributed by atoms with Crippen LogP contribution in [-0.2, 0) is 13.1 Å². The number of pyridine rings is 1. The summed E-state index contributed by atoms with van der Waals surface area (Å²) in [4.78, 5) is 8.41. The number of guanidine groups is 1. The van der Waals surface area contributed by atoms with E-state index in [0.29, 0.717) is 24.9 Å². The number of ether oxygens (including phenoxy) is 3. The second-order valence-corrected chi connectivity index (χ2v) is 5.17. The molecule has 0 unspecified atom stereocenters. The lowest BCUT2D eigenvalue weighted by Gasteiger charge is -2.14. The van der Waals surface area contributed by atoms with Gasteiger partial charge in [-0.25, -0.2) is 4.98 Å². The van der Waals surface area contributed by atoms with Gasteiger partial charge in [-0.05, 0) is 17.7 Å². The average molecular weight is 472 g/mol. The first kappa shape index (κ1) is 21.8. The molecule has 1 heterocycles. The summed E-state index contributed by atoms with van der Waals surface area (Å²) in [6.45, 7) is 1.18. The lowest BCUT2D eigenvalue weighted by molar-refractivity contribution is 0.390.